The van der Waals surface area contributed by atoms with Gasteiger partial charge >= 0.3 is 0 Å². The smallest absolute Gasteiger partial charge is 0.172 e. The summed E-state index contributed by atoms with van der Waals surface area (Å²) in [5.74, 6) is 2.63. The number of Topliss-reactive ketones (excluding diaryl/α,β-unsaturated/α-hetero) is 1. The molecule has 0 bridgehead atoms. The van der Waals surface area contributed by atoms with E-state index >= 15 is 0 Å². The molecule has 0 aliphatic heterocycles. The fraction of sp³-hybridized carbons (Fsp3) is 0.545. The van der Waals surface area contributed by atoms with Crippen LogP contribution in [0.15, 0.2) is 17.5 Å². The molecule has 1 nitrogen and oxygen atoms in total. The summed E-state index contributed by atoms with van der Waals surface area (Å²) in [7, 11) is 0. The first-order chi connectivity index (χ1) is 6.84. The molecular weight excluding hydrogens is 212 g/mol. The van der Waals surface area contributed by atoms with E-state index in [1.54, 1.807) is 11.3 Å². The van der Waals surface area contributed by atoms with Crippen molar-refractivity contribution in [2.24, 2.45) is 0 Å². The second-order valence-corrected chi connectivity index (χ2v) is 5.29. The molecule has 78 valence electrons. The molecule has 1 rings (SSSR count). The molecule has 1 aromatic rings. The first-order valence-electron chi connectivity index (χ1n) is 4.99. The number of carbonyl (C=O) groups excluding carboxylic acids is 1. The molecule has 0 aromatic carbocycles. The lowest BCUT2D eigenvalue weighted by atomic mass is 10.2. The fourth-order valence-electron chi connectivity index (χ4n) is 1.14. The van der Waals surface area contributed by atoms with Gasteiger partial charge in [0, 0.05) is 6.42 Å². The van der Waals surface area contributed by atoms with Gasteiger partial charge < -0.3 is 0 Å². The average Bonchev–Trinajstić information content (AvgIpc) is 2.70. The lowest BCUT2D eigenvalue weighted by Crippen LogP contribution is -1.96. The SMILES string of the molecule is CCCSCCCC(=O)c1cccs1. The molecule has 0 aliphatic carbocycles. The first kappa shape index (κ1) is 11.8. The van der Waals surface area contributed by atoms with Crippen LogP contribution in [0.5, 0.6) is 0 Å². The van der Waals surface area contributed by atoms with Crippen LogP contribution in [0.25, 0.3) is 0 Å². The summed E-state index contributed by atoms with van der Waals surface area (Å²) >= 11 is 3.49. The molecule has 1 aromatic heterocycles. The summed E-state index contributed by atoms with van der Waals surface area (Å²) in [6, 6.07) is 3.84. The summed E-state index contributed by atoms with van der Waals surface area (Å²) in [5, 5.41) is 1.96. The van der Waals surface area contributed by atoms with E-state index in [0.29, 0.717) is 12.2 Å². The topological polar surface area (TPSA) is 17.1 Å². The van der Waals surface area contributed by atoms with E-state index in [1.165, 1.54) is 12.2 Å². The zero-order valence-corrected chi connectivity index (χ0v) is 10.1. The van der Waals surface area contributed by atoms with Crippen molar-refractivity contribution in [3.63, 3.8) is 0 Å². The van der Waals surface area contributed by atoms with Gasteiger partial charge in [-0.1, -0.05) is 13.0 Å². The van der Waals surface area contributed by atoms with Crippen LogP contribution in [0.2, 0.25) is 0 Å². The van der Waals surface area contributed by atoms with Gasteiger partial charge in [0.25, 0.3) is 0 Å². The van der Waals surface area contributed by atoms with Gasteiger partial charge in [-0.3, -0.25) is 4.79 Å². The summed E-state index contributed by atoms with van der Waals surface area (Å²) < 4.78 is 0. The molecule has 0 saturated carbocycles. The third-order valence-electron chi connectivity index (χ3n) is 1.84. The third-order valence-corrected chi connectivity index (χ3v) is 4.02. The first-order valence-corrected chi connectivity index (χ1v) is 7.02. The Morgan fingerprint density at radius 1 is 1.50 bits per heavy atom. The highest BCUT2D eigenvalue weighted by atomic mass is 32.2. The molecule has 1 heterocycles. The predicted octanol–water partition coefficient (Wildman–Crippen LogP) is 3.85. The van der Waals surface area contributed by atoms with Gasteiger partial charge in [0.2, 0.25) is 0 Å². The second-order valence-electron chi connectivity index (χ2n) is 3.12. The normalized spacial score (nSPS) is 10.4. The molecule has 0 N–H and O–H groups in total. The van der Waals surface area contributed by atoms with Crippen LogP contribution in [0.3, 0.4) is 0 Å². The Balaban J connectivity index is 2.10. The maximum absolute atomic E-state index is 11.5. The van der Waals surface area contributed by atoms with E-state index in [1.807, 2.05) is 29.3 Å². The van der Waals surface area contributed by atoms with Crippen LogP contribution >= 0.6 is 23.1 Å². The Bertz CT molecular complexity index is 254. The Morgan fingerprint density at radius 2 is 2.36 bits per heavy atom. The van der Waals surface area contributed by atoms with Crippen molar-refractivity contribution in [2.45, 2.75) is 26.2 Å². The van der Waals surface area contributed by atoms with Crippen molar-refractivity contribution >= 4 is 28.9 Å². The highest BCUT2D eigenvalue weighted by Gasteiger charge is 2.05. The largest absolute Gasteiger partial charge is 0.293 e. The van der Waals surface area contributed by atoms with Crippen molar-refractivity contribution in [3.05, 3.63) is 22.4 Å². The van der Waals surface area contributed by atoms with Gasteiger partial charge in [-0.15, -0.1) is 11.3 Å². The second kappa shape index (κ2) is 7.07. The van der Waals surface area contributed by atoms with E-state index in [9.17, 15) is 4.79 Å². The molecule has 0 atom stereocenters. The molecular formula is C11H16OS2. The summed E-state index contributed by atoms with van der Waals surface area (Å²) in [6.07, 6.45) is 2.95. The van der Waals surface area contributed by atoms with Gasteiger partial charge in [-0.2, -0.15) is 11.8 Å². The van der Waals surface area contributed by atoms with E-state index in [2.05, 4.69) is 6.92 Å². The number of carbonyl (C=O) groups is 1. The van der Waals surface area contributed by atoms with Crippen LogP contribution in [0.4, 0.5) is 0 Å². The number of ketones is 1. The van der Waals surface area contributed by atoms with Crippen LogP contribution < -0.4 is 0 Å². The predicted molar refractivity (Wildman–Crippen MR) is 65.5 cm³/mol. The highest BCUT2D eigenvalue weighted by Crippen LogP contribution is 2.14. The maximum Gasteiger partial charge on any atom is 0.172 e. The minimum Gasteiger partial charge on any atom is -0.293 e. The summed E-state index contributed by atoms with van der Waals surface area (Å²) in [5.41, 5.74) is 0. The lowest BCUT2D eigenvalue weighted by molar-refractivity contribution is 0.0986. The van der Waals surface area contributed by atoms with Crippen molar-refractivity contribution < 1.29 is 4.79 Å². The Morgan fingerprint density at radius 3 is 3.00 bits per heavy atom. The van der Waals surface area contributed by atoms with Crippen molar-refractivity contribution in [2.75, 3.05) is 11.5 Å². The molecule has 0 amide bonds. The monoisotopic (exact) mass is 228 g/mol. The fourth-order valence-corrected chi connectivity index (χ4v) is 2.68. The molecule has 14 heavy (non-hydrogen) atoms. The van der Waals surface area contributed by atoms with Crippen LogP contribution in [0.1, 0.15) is 35.9 Å². The standard InChI is InChI=1S/C11H16OS2/c1-2-7-13-8-3-5-10(12)11-6-4-9-14-11/h4,6,9H,2-3,5,7-8H2,1H3. The van der Waals surface area contributed by atoms with Gasteiger partial charge in [0.05, 0.1) is 4.88 Å². The lowest BCUT2D eigenvalue weighted by Gasteiger charge is -1.98. The third kappa shape index (κ3) is 4.29. The van der Waals surface area contributed by atoms with Crippen LogP contribution in [-0.2, 0) is 0 Å². The van der Waals surface area contributed by atoms with Gasteiger partial charge in [0.1, 0.15) is 0 Å². The van der Waals surface area contributed by atoms with Gasteiger partial charge in [0.15, 0.2) is 5.78 Å². The Labute approximate surface area is 93.9 Å². The molecule has 3 heteroatoms. The number of thioether (sulfide) groups is 1. The van der Waals surface area contributed by atoms with Crippen molar-refractivity contribution in [1.29, 1.82) is 0 Å². The number of hydrogen-bond donors (Lipinski definition) is 0. The van der Waals surface area contributed by atoms with Crippen LogP contribution in [0, 0.1) is 0 Å². The van der Waals surface area contributed by atoms with Gasteiger partial charge in [-0.25, -0.2) is 0 Å². The summed E-state index contributed by atoms with van der Waals surface area (Å²) in [6.45, 7) is 2.18. The average molecular weight is 228 g/mol. The minimum absolute atomic E-state index is 0.303. The molecule has 0 aliphatic rings. The quantitative estimate of drug-likeness (QED) is 0.521. The van der Waals surface area contributed by atoms with E-state index in [0.717, 1.165) is 17.1 Å². The number of thiophene rings is 1. The van der Waals surface area contributed by atoms with Crippen molar-refractivity contribution in [3.8, 4) is 0 Å². The molecule has 0 unspecified atom stereocenters. The molecule has 0 saturated heterocycles. The van der Waals surface area contributed by atoms with E-state index in [4.69, 9.17) is 0 Å². The zero-order valence-electron chi connectivity index (χ0n) is 8.49. The number of rotatable bonds is 7. The van der Waals surface area contributed by atoms with E-state index in [-0.39, 0.29) is 0 Å². The molecule has 0 spiro atoms. The highest BCUT2D eigenvalue weighted by molar-refractivity contribution is 7.99. The van der Waals surface area contributed by atoms with Crippen LogP contribution in [-0.4, -0.2) is 17.3 Å². The van der Waals surface area contributed by atoms with Crippen molar-refractivity contribution in [1.82, 2.24) is 0 Å². The summed E-state index contributed by atoms with van der Waals surface area (Å²) in [4.78, 5) is 12.4. The Hall–Kier alpha value is -0.280. The number of hydrogen-bond acceptors (Lipinski definition) is 3. The van der Waals surface area contributed by atoms with E-state index < -0.39 is 0 Å². The minimum atomic E-state index is 0.303. The zero-order chi connectivity index (χ0) is 10.2. The van der Waals surface area contributed by atoms with Gasteiger partial charge in [-0.05, 0) is 35.8 Å². The Kier molecular flexibility index (Phi) is 5.96. The maximum atomic E-state index is 11.5. The molecule has 0 fully saturated rings. The molecule has 0 radical (unpaired) electrons.